The number of hydrogen-bond donors (Lipinski definition) is 2. The summed E-state index contributed by atoms with van der Waals surface area (Å²) in [7, 11) is -1.21. The highest BCUT2D eigenvalue weighted by Crippen LogP contribution is 2.23. The van der Waals surface area contributed by atoms with Crippen LogP contribution in [0.3, 0.4) is 0 Å². The number of nitrogens with zero attached hydrogens (tertiary/aromatic N) is 2. The molecule has 1 atom stereocenters. The summed E-state index contributed by atoms with van der Waals surface area (Å²) in [6.45, 7) is 0.0234. The summed E-state index contributed by atoms with van der Waals surface area (Å²) in [6, 6.07) is 12.7. The molecular formula is C20H19FN3O4P. The van der Waals surface area contributed by atoms with Crippen LogP contribution in [-0.2, 0) is 27.5 Å². The number of aromatic nitrogens is 2. The fraction of sp³-hybridized carbons (Fsp3) is 0.100. The van der Waals surface area contributed by atoms with Gasteiger partial charge in [0.1, 0.15) is 5.82 Å². The number of nitrogens with one attached hydrogen (secondary N) is 1. The van der Waals surface area contributed by atoms with Gasteiger partial charge in [-0.1, -0.05) is 12.1 Å². The molecule has 0 spiro atoms. The van der Waals surface area contributed by atoms with E-state index in [2.05, 4.69) is 14.9 Å². The van der Waals surface area contributed by atoms with Crippen molar-refractivity contribution in [3.8, 4) is 11.3 Å². The third kappa shape index (κ3) is 5.96. The van der Waals surface area contributed by atoms with Crippen molar-refractivity contribution in [1.82, 2.24) is 9.78 Å². The summed E-state index contributed by atoms with van der Waals surface area (Å²) >= 11 is 0. The molecule has 0 aliphatic carbocycles. The molecule has 1 amide bonds. The van der Waals surface area contributed by atoms with E-state index in [1.807, 2.05) is 0 Å². The van der Waals surface area contributed by atoms with Gasteiger partial charge in [-0.05, 0) is 48.0 Å². The summed E-state index contributed by atoms with van der Waals surface area (Å²) in [5, 5.41) is 7.10. The molecule has 3 rings (SSSR count). The SMILES string of the molecule is Cn1cc(C=CC(=O)Nc2ccc(CO[PH](=O)O)cc2)c(-c2ccc(F)cc2)n1. The molecule has 7 nitrogen and oxygen atoms in total. The van der Waals surface area contributed by atoms with Crippen LogP contribution in [0.25, 0.3) is 17.3 Å². The summed E-state index contributed by atoms with van der Waals surface area (Å²) in [4.78, 5) is 20.9. The molecule has 9 heteroatoms. The maximum Gasteiger partial charge on any atom is 0.316 e. The molecule has 0 bridgehead atoms. The van der Waals surface area contributed by atoms with Crippen LogP contribution in [-0.4, -0.2) is 20.6 Å². The average molecular weight is 415 g/mol. The normalized spacial score (nSPS) is 12.2. The number of anilines is 1. The number of aryl methyl sites for hydroxylation is 1. The first-order valence-corrected chi connectivity index (χ1v) is 9.90. The van der Waals surface area contributed by atoms with Crippen molar-refractivity contribution >= 4 is 25.9 Å². The summed E-state index contributed by atoms with van der Waals surface area (Å²) < 4.78 is 30.0. The highest BCUT2D eigenvalue weighted by molar-refractivity contribution is 7.32. The van der Waals surface area contributed by atoms with Gasteiger partial charge in [-0.25, -0.2) is 4.39 Å². The minimum atomic E-state index is -2.97. The predicted molar refractivity (Wildman–Crippen MR) is 109 cm³/mol. The summed E-state index contributed by atoms with van der Waals surface area (Å²) in [5.41, 5.74) is 3.40. The van der Waals surface area contributed by atoms with Crippen molar-refractivity contribution in [3.05, 3.63) is 77.7 Å². The Morgan fingerprint density at radius 1 is 1.24 bits per heavy atom. The fourth-order valence-electron chi connectivity index (χ4n) is 2.64. The van der Waals surface area contributed by atoms with Gasteiger partial charge >= 0.3 is 8.25 Å². The molecule has 0 aliphatic rings. The maximum atomic E-state index is 13.1. The van der Waals surface area contributed by atoms with E-state index in [0.717, 1.165) is 11.1 Å². The zero-order chi connectivity index (χ0) is 20.8. The first kappa shape index (κ1) is 20.7. The van der Waals surface area contributed by atoms with Crippen LogP contribution in [0.4, 0.5) is 10.1 Å². The van der Waals surface area contributed by atoms with Gasteiger partial charge in [-0.15, -0.1) is 0 Å². The van der Waals surface area contributed by atoms with Crippen LogP contribution >= 0.6 is 8.25 Å². The minimum Gasteiger partial charge on any atom is -0.326 e. The smallest absolute Gasteiger partial charge is 0.316 e. The lowest BCUT2D eigenvalue weighted by atomic mass is 10.1. The Hall–Kier alpha value is -3.06. The third-order valence-electron chi connectivity index (χ3n) is 3.97. The highest BCUT2D eigenvalue weighted by Gasteiger charge is 2.09. The average Bonchev–Trinajstić information content (AvgIpc) is 3.07. The first-order valence-electron chi connectivity index (χ1n) is 8.64. The number of amides is 1. The second-order valence-corrected chi connectivity index (χ2v) is 7.01. The highest BCUT2D eigenvalue weighted by atomic mass is 31.1. The molecule has 1 aromatic heterocycles. The number of carbonyl (C=O) groups is 1. The van der Waals surface area contributed by atoms with Crippen LogP contribution in [0.5, 0.6) is 0 Å². The quantitative estimate of drug-likeness (QED) is 0.453. The molecule has 2 N–H and O–H groups in total. The lowest BCUT2D eigenvalue weighted by molar-refractivity contribution is -0.111. The lowest BCUT2D eigenvalue weighted by Crippen LogP contribution is -2.07. The summed E-state index contributed by atoms with van der Waals surface area (Å²) in [6.07, 6.45) is 4.80. The Balaban J connectivity index is 1.67. The van der Waals surface area contributed by atoms with E-state index in [-0.39, 0.29) is 18.3 Å². The Bertz CT molecular complexity index is 1050. The van der Waals surface area contributed by atoms with E-state index in [1.165, 1.54) is 18.2 Å². The molecule has 0 radical (unpaired) electrons. The van der Waals surface area contributed by atoms with E-state index >= 15 is 0 Å². The van der Waals surface area contributed by atoms with Gasteiger partial charge in [-0.2, -0.15) is 5.10 Å². The second-order valence-electron chi connectivity index (χ2n) is 6.19. The number of rotatable bonds is 7. The monoisotopic (exact) mass is 415 g/mol. The van der Waals surface area contributed by atoms with Gasteiger partial charge in [0.05, 0.1) is 12.3 Å². The predicted octanol–water partition coefficient (Wildman–Crippen LogP) is 3.78. The molecule has 29 heavy (non-hydrogen) atoms. The van der Waals surface area contributed by atoms with E-state index < -0.39 is 8.25 Å². The standard InChI is InChI=1S/C20H19FN3O4P/c1-24-12-16(20(23-24)15-4-7-17(21)8-5-15)6-11-19(25)22-18-9-2-14(3-10-18)13-28-29(26)27/h2-12,29H,13H2,1H3,(H,22,25)(H,26,27). The van der Waals surface area contributed by atoms with Gasteiger partial charge in [0.25, 0.3) is 0 Å². The van der Waals surface area contributed by atoms with Crippen LogP contribution in [0, 0.1) is 5.82 Å². The van der Waals surface area contributed by atoms with Crippen LogP contribution in [0.2, 0.25) is 0 Å². The zero-order valence-corrected chi connectivity index (χ0v) is 16.5. The topological polar surface area (TPSA) is 93.5 Å². The number of hydrogen-bond acceptors (Lipinski definition) is 4. The van der Waals surface area contributed by atoms with E-state index in [0.29, 0.717) is 16.9 Å². The van der Waals surface area contributed by atoms with Gasteiger partial charge in [0.2, 0.25) is 5.91 Å². The first-order chi connectivity index (χ1) is 13.9. The second kappa shape index (κ2) is 9.43. The lowest BCUT2D eigenvalue weighted by Gasteiger charge is -2.04. The Labute approximate surface area is 167 Å². The Kier molecular flexibility index (Phi) is 6.72. The van der Waals surface area contributed by atoms with Crippen LogP contribution in [0.1, 0.15) is 11.1 Å². The van der Waals surface area contributed by atoms with E-state index in [9.17, 15) is 13.8 Å². The van der Waals surface area contributed by atoms with Gasteiger partial charge < -0.3 is 14.7 Å². The molecule has 150 valence electrons. The number of carbonyl (C=O) groups excluding carboxylic acids is 1. The molecule has 1 unspecified atom stereocenters. The molecule has 3 aromatic rings. The largest absolute Gasteiger partial charge is 0.326 e. The molecule has 2 aromatic carbocycles. The number of halogens is 1. The van der Waals surface area contributed by atoms with Crippen molar-refractivity contribution in [3.63, 3.8) is 0 Å². The number of benzene rings is 2. The van der Waals surface area contributed by atoms with E-state index in [1.54, 1.807) is 60.4 Å². The van der Waals surface area contributed by atoms with Crippen LogP contribution in [0.15, 0.2) is 60.8 Å². The molecule has 1 heterocycles. The van der Waals surface area contributed by atoms with Gasteiger partial charge in [0.15, 0.2) is 0 Å². The van der Waals surface area contributed by atoms with Crippen molar-refractivity contribution < 1.29 is 23.2 Å². The third-order valence-corrected chi connectivity index (χ3v) is 4.36. The Morgan fingerprint density at radius 2 is 1.93 bits per heavy atom. The molecule has 0 fully saturated rings. The molecule has 0 aliphatic heterocycles. The molecule has 0 saturated carbocycles. The van der Waals surface area contributed by atoms with Gasteiger partial charge in [0, 0.05) is 36.1 Å². The molecule has 0 saturated heterocycles. The zero-order valence-electron chi connectivity index (χ0n) is 15.5. The van der Waals surface area contributed by atoms with Crippen molar-refractivity contribution in [2.24, 2.45) is 7.05 Å². The van der Waals surface area contributed by atoms with E-state index in [4.69, 9.17) is 4.89 Å². The maximum absolute atomic E-state index is 13.1. The van der Waals surface area contributed by atoms with Crippen molar-refractivity contribution in [1.29, 1.82) is 0 Å². The van der Waals surface area contributed by atoms with Crippen LogP contribution < -0.4 is 5.32 Å². The van der Waals surface area contributed by atoms with Crippen molar-refractivity contribution in [2.45, 2.75) is 6.61 Å². The Morgan fingerprint density at radius 3 is 2.59 bits per heavy atom. The minimum absolute atomic E-state index is 0.0234. The fourth-order valence-corrected chi connectivity index (χ4v) is 2.93. The van der Waals surface area contributed by atoms with Crippen molar-refractivity contribution in [2.75, 3.05) is 5.32 Å². The van der Waals surface area contributed by atoms with Gasteiger partial charge in [-0.3, -0.25) is 14.0 Å². The molecular weight excluding hydrogens is 396 g/mol. The summed E-state index contributed by atoms with van der Waals surface area (Å²) in [5.74, 6) is -0.659.